The molecule has 3 N–H and O–H groups in total. The number of benzene rings is 1. The molecule has 1 aliphatic rings. The van der Waals surface area contributed by atoms with E-state index in [0.717, 1.165) is 5.56 Å². The number of ether oxygens (including phenoxy) is 2. The number of nitrogens with one attached hydrogen (secondary N) is 1. The Labute approximate surface area is 193 Å². The van der Waals surface area contributed by atoms with Crippen LogP contribution in [0.15, 0.2) is 43.5 Å². The molecule has 1 aromatic carbocycles. The predicted molar refractivity (Wildman–Crippen MR) is 130 cm³/mol. The summed E-state index contributed by atoms with van der Waals surface area (Å²) < 4.78 is 11.4. The Morgan fingerprint density at radius 1 is 1.19 bits per heavy atom. The number of methoxy groups -OCH3 is 1. The molecule has 0 unspecified atom stereocenters. The Morgan fingerprint density at radius 3 is 2.50 bits per heavy atom. The van der Waals surface area contributed by atoms with Crippen LogP contribution >= 0.6 is 0 Å². The first-order valence-corrected chi connectivity index (χ1v) is 11.7. The van der Waals surface area contributed by atoms with E-state index < -0.39 is 11.7 Å². The molecule has 0 amide bonds. The molecule has 0 aromatic heterocycles. The first-order valence-electron chi connectivity index (χ1n) is 11.7. The standard InChI is InChI=1S/C26H42N2O4/c1-5-14-26(30,15-6-2)20-27-17-21-12-13-24(25(16-21)31-4)32-19-23(29)18-28(3)22-10-8-7-9-11-22/h5-6,12-13,16,22-23,27,29-30H,1-2,7-11,14-15,17-20H2,3-4H3/t23-/m1/s1. The maximum absolute atomic E-state index is 10.6. The van der Waals surface area contributed by atoms with Gasteiger partial charge in [0, 0.05) is 25.7 Å². The van der Waals surface area contributed by atoms with Crippen LogP contribution in [0.2, 0.25) is 0 Å². The van der Waals surface area contributed by atoms with Crippen molar-refractivity contribution >= 4 is 0 Å². The molecule has 0 radical (unpaired) electrons. The molecule has 2 rings (SSSR count). The van der Waals surface area contributed by atoms with Crippen molar-refractivity contribution in [1.29, 1.82) is 0 Å². The SMILES string of the molecule is C=CCC(O)(CC=C)CNCc1ccc(OC[C@H](O)CN(C)C2CCCCC2)c(OC)c1. The first-order chi connectivity index (χ1) is 15.4. The molecular weight excluding hydrogens is 404 g/mol. The predicted octanol–water partition coefficient (Wildman–Crippen LogP) is 3.67. The second-order valence-electron chi connectivity index (χ2n) is 8.99. The number of hydrogen-bond donors (Lipinski definition) is 3. The molecule has 1 aliphatic carbocycles. The van der Waals surface area contributed by atoms with Crippen molar-refractivity contribution in [2.75, 3.05) is 33.9 Å². The molecule has 1 aromatic rings. The Balaban J connectivity index is 1.84. The van der Waals surface area contributed by atoms with E-state index in [1.165, 1.54) is 32.1 Å². The van der Waals surface area contributed by atoms with Crippen molar-refractivity contribution < 1.29 is 19.7 Å². The molecule has 0 saturated heterocycles. The highest BCUT2D eigenvalue weighted by atomic mass is 16.5. The van der Waals surface area contributed by atoms with Crippen LogP contribution in [0.25, 0.3) is 0 Å². The molecule has 0 spiro atoms. The van der Waals surface area contributed by atoms with E-state index in [-0.39, 0.29) is 6.61 Å². The highest BCUT2D eigenvalue weighted by Gasteiger charge is 2.23. The van der Waals surface area contributed by atoms with E-state index in [4.69, 9.17) is 9.47 Å². The molecule has 6 heteroatoms. The summed E-state index contributed by atoms with van der Waals surface area (Å²) in [5.41, 5.74) is 0.142. The number of hydrogen-bond acceptors (Lipinski definition) is 6. The Morgan fingerprint density at radius 2 is 1.88 bits per heavy atom. The van der Waals surface area contributed by atoms with Crippen molar-refractivity contribution in [3.05, 3.63) is 49.1 Å². The van der Waals surface area contributed by atoms with Crippen LogP contribution in [-0.2, 0) is 6.54 Å². The summed E-state index contributed by atoms with van der Waals surface area (Å²) in [5.74, 6) is 1.25. The van der Waals surface area contributed by atoms with E-state index in [1.54, 1.807) is 19.3 Å². The van der Waals surface area contributed by atoms with Gasteiger partial charge >= 0.3 is 0 Å². The lowest BCUT2D eigenvalue weighted by Crippen LogP contribution is -2.40. The van der Waals surface area contributed by atoms with Crippen molar-refractivity contribution in [2.45, 2.75) is 69.2 Å². The number of aliphatic hydroxyl groups is 2. The van der Waals surface area contributed by atoms with Gasteiger partial charge in [0.1, 0.15) is 12.7 Å². The van der Waals surface area contributed by atoms with Crippen LogP contribution in [-0.4, -0.2) is 66.7 Å². The van der Waals surface area contributed by atoms with E-state index >= 15 is 0 Å². The summed E-state index contributed by atoms with van der Waals surface area (Å²) in [6, 6.07) is 6.32. The normalized spacial score (nSPS) is 16.0. The van der Waals surface area contributed by atoms with Gasteiger partial charge in [0.25, 0.3) is 0 Å². The quantitative estimate of drug-likeness (QED) is 0.357. The maximum atomic E-state index is 10.6. The summed E-state index contributed by atoms with van der Waals surface area (Å²) in [7, 11) is 3.70. The summed E-state index contributed by atoms with van der Waals surface area (Å²) in [6.07, 6.45) is 10.2. The molecule has 32 heavy (non-hydrogen) atoms. The minimum absolute atomic E-state index is 0.223. The molecule has 0 aliphatic heterocycles. The van der Waals surface area contributed by atoms with Crippen LogP contribution in [0.4, 0.5) is 0 Å². The average Bonchev–Trinajstić information content (AvgIpc) is 2.79. The maximum Gasteiger partial charge on any atom is 0.161 e. The van der Waals surface area contributed by atoms with Gasteiger partial charge in [-0.3, -0.25) is 0 Å². The Hall–Kier alpha value is -1.86. The van der Waals surface area contributed by atoms with Crippen LogP contribution in [0.5, 0.6) is 11.5 Å². The fourth-order valence-electron chi connectivity index (χ4n) is 4.39. The zero-order valence-corrected chi connectivity index (χ0v) is 19.9. The third-order valence-corrected chi connectivity index (χ3v) is 6.19. The monoisotopic (exact) mass is 446 g/mol. The van der Waals surface area contributed by atoms with Gasteiger partial charge in [0.15, 0.2) is 11.5 Å². The summed E-state index contributed by atoms with van der Waals surface area (Å²) in [5, 5.41) is 24.4. The second-order valence-corrected chi connectivity index (χ2v) is 8.99. The highest BCUT2D eigenvalue weighted by molar-refractivity contribution is 5.43. The Bertz CT molecular complexity index is 693. The van der Waals surface area contributed by atoms with E-state index in [1.807, 2.05) is 18.2 Å². The van der Waals surface area contributed by atoms with Crippen molar-refractivity contribution in [2.24, 2.45) is 0 Å². The smallest absolute Gasteiger partial charge is 0.161 e. The van der Waals surface area contributed by atoms with E-state index in [0.29, 0.717) is 50.0 Å². The highest BCUT2D eigenvalue weighted by Crippen LogP contribution is 2.28. The summed E-state index contributed by atoms with van der Waals surface area (Å²) in [4.78, 5) is 2.26. The molecule has 1 fully saturated rings. The number of aliphatic hydroxyl groups excluding tert-OH is 1. The van der Waals surface area contributed by atoms with Gasteiger partial charge in [0.05, 0.1) is 12.7 Å². The fraction of sp³-hybridized carbons (Fsp3) is 0.615. The van der Waals surface area contributed by atoms with Crippen LogP contribution in [0, 0.1) is 0 Å². The van der Waals surface area contributed by atoms with Gasteiger partial charge in [-0.25, -0.2) is 0 Å². The molecule has 1 atom stereocenters. The third-order valence-electron chi connectivity index (χ3n) is 6.19. The molecule has 1 saturated carbocycles. The summed E-state index contributed by atoms with van der Waals surface area (Å²) in [6.45, 7) is 9.30. The van der Waals surface area contributed by atoms with Gasteiger partial charge in [-0.15, -0.1) is 13.2 Å². The van der Waals surface area contributed by atoms with Crippen molar-refractivity contribution in [3.63, 3.8) is 0 Å². The largest absolute Gasteiger partial charge is 0.493 e. The second kappa shape index (κ2) is 13.6. The number of rotatable bonds is 15. The topological polar surface area (TPSA) is 74.2 Å². The molecule has 6 nitrogen and oxygen atoms in total. The van der Waals surface area contributed by atoms with Gasteiger partial charge in [-0.2, -0.15) is 0 Å². The fourth-order valence-corrected chi connectivity index (χ4v) is 4.39. The van der Waals surface area contributed by atoms with E-state index in [9.17, 15) is 10.2 Å². The molecule has 0 heterocycles. The molecular formula is C26H42N2O4. The lowest BCUT2D eigenvalue weighted by atomic mass is 9.94. The van der Waals surface area contributed by atoms with E-state index in [2.05, 4.69) is 30.4 Å². The van der Waals surface area contributed by atoms with Gasteiger partial charge in [-0.1, -0.05) is 37.5 Å². The van der Waals surface area contributed by atoms with Crippen molar-refractivity contribution in [1.82, 2.24) is 10.2 Å². The van der Waals surface area contributed by atoms with Crippen molar-refractivity contribution in [3.8, 4) is 11.5 Å². The number of likely N-dealkylation sites (N-methyl/N-ethyl adjacent to an activating group) is 1. The first kappa shape index (κ1) is 26.4. The average molecular weight is 447 g/mol. The van der Waals surface area contributed by atoms with Gasteiger partial charge in [-0.05, 0) is 50.4 Å². The zero-order valence-electron chi connectivity index (χ0n) is 19.9. The molecule has 0 bridgehead atoms. The minimum atomic E-state index is -0.877. The van der Waals surface area contributed by atoms with Crippen LogP contribution in [0.3, 0.4) is 0 Å². The lowest BCUT2D eigenvalue weighted by molar-refractivity contribution is 0.0461. The van der Waals surface area contributed by atoms with Crippen LogP contribution < -0.4 is 14.8 Å². The zero-order chi connectivity index (χ0) is 23.4. The number of nitrogens with zero attached hydrogens (tertiary/aromatic N) is 1. The summed E-state index contributed by atoms with van der Waals surface area (Å²) >= 11 is 0. The lowest BCUT2D eigenvalue weighted by Gasteiger charge is -2.32. The Kier molecular flexibility index (Phi) is 11.2. The molecule has 180 valence electrons. The third kappa shape index (κ3) is 8.58. The van der Waals surface area contributed by atoms with Crippen LogP contribution in [0.1, 0.15) is 50.5 Å². The van der Waals surface area contributed by atoms with Gasteiger partial charge in [0.2, 0.25) is 0 Å². The van der Waals surface area contributed by atoms with Gasteiger partial charge < -0.3 is 29.9 Å². The minimum Gasteiger partial charge on any atom is -0.493 e.